The fourth-order valence-corrected chi connectivity index (χ4v) is 2.30. The van der Waals surface area contributed by atoms with Gasteiger partial charge in [0.2, 0.25) is 0 Å². The van der Waals surface area contributed by atoms with Gasteiger partial charge >= 0.3 is 0 Å². The maximum atomic E-state index is 9.28. The predicted octanol–water partition coefficient (Wildman–Crippen LogP) is 3.44. The summed E-state index contributed by atoms with van der Waals surface area (Å²) in [6, 6.07) is 6.28. The molecular weight excluding hydrogens is 260 g/mol. The van der Waals surface area contributed by atoms with Crippen LogP contribution < -0.4 is 0 Å². The van der Waals surface area contributed by atoms with Crippen molar-refractivity contribution in [3.05, 3.63) is 28.2 Å². The van der Waals surface area contributed by atoms with Crippen LogP contribution in [0, 0.1) is 0 Å². The van der Waals surface area contributed by atoms with Crippen LogP contribution >= 0.6 is 27.7 Å². The Labute approximate surface area is 98.0 Å². The molecule has 1 nitrogen and oxygen atoms in total. The standard InChI is InChI=1S/C11H15BrOS/c1-11(2,7-13)8-4-9(12)6-10(5-8)14-3/h4-6,13H,7H2,1-3H3. The first-order valence-corrected chi connectivity index (χ1v) is 6.47. The smallest absolute Gasteiger partial charge is 0.0522 e. The molecule has 14 heavy (non-hydrogen) atoms. The van der Waals surface area contributed by atoms with E-state index < -0.39 is 0 Å². The second-order valence-electron chi connectivity index (χ2n) is 3.92. The van der Waals surface area contributed by atoms with Gasteiger partial charge in [0.25, 0.3) is 0 Å². The molecule has 0 saturated heterocycles. The van der Waals surface area contributed by atoms with Gasteiger partial charge in [0.05, 0.1) is 6.61 Å². The molecule has 0 fully saturated rings. The Morgan fingerprint density at radius 2 is 2.00 bits per heavy atom. The van der Waals surface area contributed by atoms with E-state index in [0.717, 1.165) is 4.47 Å². The van der Waals surface area contributed by atoms with Crippen LogP contribution in [0.3, 0.4) is 0 Å². The molecule has 0 unspecified atom stereocenters. The first kappa shape index (κ1) is 12.1. The number of halogens is 1. The molecule has 0 aromatic heterocycles. The number of benzene rings is 1. The average molecular weight is 275 g/mol. The molecule has 0 aliphatic heterocycles. The number of hydrogen-bond donors (Lipinski definition) is 1. The first-order valence-electron chi connectivity index (χ1n) is 4.45. The van der Waals surface area contributed by atoms with Gasteiger partial charge in [-0.2, -0.15) is 0 Å². The van der Waals surface area contributed by atoms with Crippen LogP contribution in [0.15, 0.2) is 27.6 Å². The Bertz CT molecular complexity index is 323. The van der Waals surface area contributed by atoms with Crippen molar-refractivity contribution in [3.63, 3.8) is 0 Å². The minimum atomic E-state index is -0.172. The quantitative estimate of drug-likeness (QED) is 0.853. The Morgan fingerprint density at radius 3 is 2.50 bits per heavy atom. The van der Waals surface area contributed by atoms with Crippen LogP contribution in [0.4, 0.5) is 0 Å². The summed E-state index contributed by atoms with van der Waals surface area (Å²) in [5.41, 5.74) is 0.993. The first-order chi connectivity index (χ1) is 6.49. The van der Waals surface area contributed by atoms with Gasteiger partial charge in [0.15, 0.2) is 0 Å². The molecule has 1 aromatic carbocycles. The van der Waals surface area contributed by atoms with Gasteiger partial charge < -0.3 is 5.11 Å². The minimum absolute atomic E-state index is 0.164. The van der Waals surface area contributed by atoms with Crippen molar-refractivity contribution in [2.24, 2.45) is 0 Å². The summed E-state index contributed by atoms with van der Waals surface area (Å²) in [6.45, 7) is 4.25. The van der Waals surface area contributed by atoms with Crippen molar-refractivity contribution in [1.29, 1.82) is 0 Å². The summed E-state index contributed by atoms with van der Waals surface area (Å²) in [6.07, 6.45) is 2.05. The van der Waals surface area contributed by atoms with E-state index in [1.54, 1.807) is 11.8 Å². The number of hydrogen-bond acceptors (Lipinski definition) is 2. The molecule has 0 atom stereocenters. The fraction of sp³-hybridized carbons (Fsp3) is 0.455. The van der Waals surface area contributed by atoms with Crippen LogP contribution in [-0.4, -0.2) is 18.0 Å². The summed E-state index contributed by atoms with van der Waals surface area (Å²) in [5, 5.41) is 9.28. The van der Waals surface area contributed by atoms with Crippen LogP contribution in [0.25, 0.3) is 0 Å². The number of rotatable bonds is 3. The van der Waals surface area contributed by atoms with Gasteiger partial charge in [-0.1, -0.05) is 29.8 Å². The molecule has 1 aromatic rings. The third kappa shape index (κ3) is 2.75. The largest absolute Gasteiger partial charge is 0.395 e. The topological polar surface area (TPSA) is 20.2 Å². The zero-order valence-corrected chi connectivity index (χ0v) is 11.1. The van der Waals surface area contributed by atoms with Crippen molar-refractivity contribution in [3.8, 4) is 0 Å². The maximum Gasteiger partial charge on any atom is 0.0522 e. The van der Waals surface area contributed by atoms with Crippen molar-refractivity contribution < 1.29 is 5.11 Å². The van der Waals surface area contributed by atoms with Gasteiger partial charge in [-0.3, -0.25) is 0 Å². The molecule has 1 N–H and O–H groups in total. The van der Waals surface area contributed by atoms with Crippen molar-refractivity contribution in [1.82, 2.24) is 0 Å². The summed E-state index contributed by atoms with van der Waals surface area (Å²) >= 11 is 5.19. The van der Waals surface area contributed by atoms with E-state index in [9.17, 15) is 5.11 Å². The molecule has 3 heteroatoms. The predicted molar refractivity (Wildman–Crippen MR) is 66.0 cm³/mol. The highest BCUT2D eigenvalue weighted by molar-refractivity contribution is 9.10. The lowest BCUT2D eigenvalue weighted by Crippen LogP contribution is -2.22. The lowest BCUT2D eigenvalue weighted by Gasteiger charge is -2.23. The van der Waals surface area contributed by atoms with E-state index in [1.807, 2.05) is 13.8 Å². The molecule has 0 radical (unpaired) electrons. The third-order valence-electron chi connectivity index (χ3n) is 2.28. The van der Waals surface area contributed by atoms with Gasteiger partial charge in [-0.05, 0) is 30.0 Å². The van der Waals surface area contributed by atoms with Crippen LogP contribution in [0.2, 0.25) is 0 Å². The Hall–Kier alpha value is 0.01000. The molecule has 0 aliphatic carbocycles. The van der Waals surface area contributed by atoms with E-state index >= 15 is 0 Å². The molecular formula is C11H15BrOS. The average Bonchev–Trinajstić information content (AvgIpc) is 2.16. The van der Waals surface area contributed by atoms with Crippen LogP contribution in [-0.2, 0) is 5.41 Å². The fourth-order valence-electron chi connectivity index (χ4n) is 1.16. The monoisotopic (exact) mass is 274 g/mol. The maximum absolute atomic E-state index is 9.28. The van der Waals surface area contributed by atoms with Crippen molar-refractivity contribution in [2.45, 2.75) is 24.2 Å². The van der Waals surface area contributed by atoms with Crippen LogP contribution in [0.1, 0.15) is 19.4 Å². The second kappa shape index (κ2) is 4.69. The highest BCUT2D eigenvalue weighted by Gasteiger charge is 2.20. The molecule has 0 bridgehead atoms. The van der Waals surface area contributed by atoms with Gasteiger partial charge in [0.1, 0.15) is 0 Å². The normalized spacial score (nSPS) is 11.8. The third-order valence-corrected chi connectivity index (χ3v) is 3.45. The Kier molecular flexibility index (Phi) is 4.04. The highest BCUT2D eigenvalue weighted by atomic mass is 79.9. The number of aliphatic hydroxyl groups is 1. The summed E-state index contributed by atoms with van der Waals surface area (Å²) in [5.74, 6) is 0. The van der Waals surface area contributed by atoms with Gasteiger partial charge in [-0.15, -0.1) is 11.8 Å². The van der Waals surface area contributed by atoms with E-state index in [4.69, 9.17) is 0 Å². The minimum Gasteiger partial charge on any atom is -0.395 e. The number of thioether (sulfide) groups is 1. The van der Waals surface area contributed by atoms with Gasteiger partial charge in [0, 0.05) is 14.8 Å². The summed E-state index contributed by atoms with van der Waals surface area (Å²) in [4.78, 5) is 1.22. The Morgan fingerprint density at radius 1 is 1.36 bits per heavy atom. The molecule has 0 aliphatic rings. The van der Waals surface area contributed by atoms with Crippen molar-refractivity contribution >= 4 is 27.7 Å². The lowest BCUT2D eigenvalue weighted by molar-refractivity contribution is 0.218. The number of aliphatic hydroxyl groups excluding tert-OH is 1. The van der Waals surface area contributed by atoms with Gasteiger partial charge in [-0.25, -0.2) is 0 Å². The summed E-state index contributed by atoms with van der Waals surface area (Å²) < 4.78 is 1.07. The summed E-state index contributed by atoms with van der Waals surface area (Å²) in [7, 11) is 0. The zero-order chi connectivity index (χ0) is 10.8. The van der Waals surface area contributed by atoms with Crippen LogP contribution in [0.5, 0.6) is 0 Å². The second-order valence-corrected chi connectivity index (χ2v) is 5.72. The molecule has 0 spiro atoms. The highest BCUT2D eigenvalue weighted by Crippen LogP contribution is 2.29. The lowest BCUT2D eigenvalue weighted by atomic mass is 9.86. The van der Waals surface area contributed by atoms with E-state index in [2.05, 4.69) is 40.4 Å². The molecule has 0 saturated carbocycles. The Balaban J connectivity index is 3.15. The van der Waals surface area contributed by atoms with E-state index in [0.29, 0.717) is 0 Å². The van der Waals surface area contributed by atoms with Crippen molar-refractivity contribution in [2.75, 3.05) is 12.9 Å². The zero-order valence-electron chi connectivity index (χ0n) is 8.67. The van der Waals surface area contributed by atoms with E-state index in [1.165, 1.54) is 10.5 Å². The SMILES string of the molecule is CSc1cc(Br)cc(C(C)(C)CO)c1. The molecule has 0 heterocycles. The van der Waals surface area contributed by atoms with E-state index in [-0.39, 0.29) is 12.0 Å². The molecule has 1 rings (SSSR count). The molecule has 78 valence electrons. The molecule has 0 amide bonds.